The first-order valence-electron chi connectivity index (χ1n) is 8.46. The lowest BCUT2D eigenvalue weighted by atomic mass is 9.93. The van der Waals surface area contributed by atoms with Crippen molar-refractivity contribution in [2.24, 2.45) is 4.99 Å². The highest BCUT2D eigenvalue weighted by Crippen LogP contribution is 2.21. The maximum Gasteiger partial charge on any atom is 0.250 e. The molecule has 2 aromatic rings. The van der Waals surface area contributed by atoms with E-state index >= 15 is 0 Å². The summed E-state index contributed by atoms with van der Waals surface area (Å²) in [4.78, 5) is 21.3. The zero-order chi connectivity index (χ0) is 16.1. The van der Waals surface area contributed by atoms with E-state index in [9.17, 15) is 4.79 Å². The molecule has 120 valence electrons. The van der Waals surface area contributed by atoms with Crippen LogP contribution in [0.5, 0.6) is 0 Å². The predicted octanol–water partition coefficient (Wildman–Crippen LogP) is 3.02. The van der Waals surface area contributed by atoms with Gasteiger partial charge in [-0.1, -0.05) is 13.0 Å². The standard InChI is InChI=1S/C19H23N3O/c1-2-14-22-18-8-5-7-17(16(18)9-10-19(22)23)21-13-11-15-6-3-4-12-20-15/h3-4,6,9-10,12H,2,5,7-8,11,13-14H2,1H3. The van der Waals surface area contributed by atoms with E-state index in [-0.39, 0.29) is 5.56 Å². The Hall–Kier alpha value is -2.23. The normalized spacial score (nSPS) is 15.6. The van der Waals surface area contributed by atoms with Crippen LogP contribution in [0.2, 0.25) is 0 Å². The molecule has 2 heterocycles. The SMILES string of the molecule is CCCn1c2c(ccc1=O)C(=NCCc1ccccn1)CCC2. The summed E-state index contributed by atoms with van der Waals surface area (Å²) < 4.78 is 1.93. The lowest BCUT2D eigenvalue weighted by molar-refractivity contribution is 0.602. The lowest BCUT2D eigenvalue weighted by Gasteiger charge is -2.22. The van der Waals surface area contributed by atoms with Crippen molar-refractivity contribution in [1.82, 2.24) is 9.55 Å². The summed E-state index contributed by atoms with van der Waals surface area (Å²) in [6.07, 6.45) is 6.70. The molecule has 4 heteroatoms. The molecular weight excluding hydrogens is 286 g/mol. The van der Waals surface area contributed by atoms with Crippen LogP contribution in [0.15, 0.2) is 46.3 Å². The van der Waals surface area contributed by atoms with Gasteiger partial charge in [0.1, 0.15) is 0 Å². The Balaban J connectivity index is 1.82. The van der Waals surface area contributed by atoms with E-state index in [2.05, 4.69) is 11.9 Å². The van der Waals surface area contributed by atoms with Gasteiger partial charge in [0.15, 0.2) is 0 Å². The van der Waals surface area contributed by atoms with E-state index in [0.29, 0.717) is 0 Å². The fraction of sp³-hybridized carbons (Fsp3) is 0.421. The molecule has 0 saturated carbocycles. The number of hydrogen-bond donors (Lipinski definition) is 0. The molecule has 0 radical (unpaired) electrons. The van der Waals surface area contributed by atoms with E-state index in [4.69, 9.17) is 4.99 Å². The quantitative estimate of drug-likeness (QED) is 0.852. The van der Waals surface area contributed by atoms with Gasteiger partial charge in [0.25, 0.3) is 5.56 Å². The van der Waals surface area contributed by atoms with Crippen molar-refractivity contribution in [1.29, 1.82) is 0 Å². The Bertz CT molecular complexity index is 747. The molecule has 0 aromatic carbocycles. The van der Waals surface area contributed by atoms with Crippen molar-refractivity contribution < 1.29 is 0 Å². The Kier molecular flexibility index (Phi) is 5.01. The van der Waals surface area contributed by atoms with Gasteiger partial charge in [-0.15, -0.1) is 0 Å². The molecule has 0 bridgehead atoms. The van der Waals surface area contributed by atoms with Crippen molar-refractivity contribution >= 4 is 5.71 Å². The van der Waals surface area contributed by atoms with E-state index in [1.54, 1.807) is 6.07 Å². The third kappa shape index (κ3) is 3.58. The first-order valence-corrected chi connectivity index (χ1v) is 8.46. The zero-order valence-electron chi connectivity index (χ0n) is 13.7. The summed E-state index contributed by atoms with van der Waals surface area (Å²) in [6.45, 7) is 3.65. The number of hydrogen-bond acceptors (Lipinski definition) is 3. The number of aliphatic imine (C=N–C) groups is 1. The van der Waals surface area contributed by atoms with Gasteiger partial charge in [-0.2, -0.15) is 0 Å². The van der Waals surface area contributed by atoms with Crippen LogP contribution in [0, 0.1) is 0 Å². The maximum atomic E-state index is 12.1. The molecule has 0 unspecified atom stereocenters. The van der Waals surface area contributed by atoms with Crippen LogP contribution in [0.4, 0.5) is 0 Å². The molecule has 23 heavy (non-hydrogen) atoms. The van der Waals surface area contributed by atoms with E-state index in [0.717, 1.165) is 56.6 Å². The van der Waals surface area contributed by atoms with Crippen molar-refractivity contribution in [3.05, 3.63) is 63.8 Å². The fourth-order valence-electron chi connectivity index (χ4n) is 3.19. The van der Waals surface area contributed by atoms with Crippen LogP contribution < -0.4 is 5.56 Å². The lowest BCUT2D eigenvalue weighted by Crippen LogP contribution is -2.28. The molecule has 1 aliphatic carbocycles. The number of pyridine rings is 2. The van der Waals surface area contributed by atoms with E-state index in [1.165, 1.54) is 11.3 Å². The van der Waals surface area contributed by atoms with Gasteiger partial charge in [-0.05, 0) is 43.9 Å². The molecule has 1 aliphatic rings. The Labute approximate surface area is 136 Å². The minimum atomic E-state index is 0.111. The fourth-order valence-corrected chi connectivity index (χ4v) is 3.19. The summed E-state index contributed by atoms with van der Waals surface area (Å²) in [5.41, 5.74) is 4.67. The number of aromatic nitrogens is 2. The Morgan fingerprint density at radius 3 is 2.91 bits per heavy atom. The van der Waals surface area contributed by atoms with Crippen LogP contribution in [0.25, 0.3) is 0 Å². The van der Waals surface area contributed by atoms with Gasteiger partial charge in [0.05, 0.1) is 0 Å². The monoisotopic (exact) mass is 309 g/mol. The van der Waals surface area contributed by atoms with Crippen molar-refractivity contribution in [2.45, 2.75) is 45.6 Å². The highest BCUT2D eigenvalue weighted by molar-refractivity contribution is 6.02. The summed E-state index contributed by atoms with van der Waals surface area (Å²) in [5.74, 6) is 0. The smallest absolute Gasteiger partial charge is 0.250 e. The average molecular weight is 309 g/mol. The number of nitrogens with zero attached hydrogens (tertiary/aromatic N) is 3. The molecule has 0 saturated heterocycles. The molecular formula is C19H23N3O. The summed E-state index contributed by atoms with van der Waals surface area (Å²) in [5, 5.41) is 0. The van der Waals surface area contributed by atoms with Crippen LogP contribution in [-0.4, -0.2) is 21.8 Å². The molecule has 4 nitrogen and oxygen atoms in total. The van der Waals surface area contributed by atoms with Crippen LogP contribution in [0.1, 0.15) is 43.1 Å². The van der Waals surface area contributed by atoms with Crippen molar-refractivity contribution in [3.8, 4) is 0 Å². The van der Waals surface area contributed by atoms with Crippen molar-refractivity contribution in [2.75, 3.05) is 6.54 Å². The second kappa shape index (κ2) is 7.36. The number of rotatable bonds is 5. The highest BCUT2D eigenvalue weighted by atomic mass is 16.1. The second-order valence-electron chi connectivity index (χ2n) is 5.94. The van der Waals surface area contributed by atoms with E-state index in [1.807, 2.05) is 35.0 Å². The van der Waals surface area contributed by atoms with E-state index < -0.39 is 0 Å². The van der Waals surface area contributed by atoms with Crippen LogP contribution in [0.3, 0.4) is 0 Å². The van der Waals surface area contributed by atoms with Gasteiger partial charge in [-0.25, -0.2) is 0 Å². The van der Waals surface area contributed by atoms with Gasteiger partial charge in [0, 0.05) is 54.4 Å². The molecule has 0 atom stereocenters. The van der Waals surface area contributed by atoms with Gasteiger partial charge in [0.2, 0.25) is 0 Å². The second-order valence-corrected chi connectivity index (χ2v) is 5.94. The molecule has 0 amide bonds. The first-order chi connectivity index (χ1) is 11.3. The molecule has 2 aromatic heterocycles. The molecule has 0 aliphatic heterocycles. The predicted molar refractivity (Wildman–Crippen MR) is 93.3 cm³/mol. The largest absolute Gasteiger partial charge is 0.312 e. The summed E-state index contributed by atoms with van der Waals surface area (Å²) in [7, 11) is 0. The molecule has 0 N–H and O–H groups in total. The first kappa shape index (κ1) is 15.7. The minimum Gasteiger partial charge on any atom is -0.312 e. The van der Waals surface area contributed by atoms with Crippen LogP contribution >= 0.6 is 0 Å². The maximum absolute atomic E-state index is 12.1. The van der Waals surface area contributed by atoms with Gasteiger partial charge in [-0.3, -0.25) is 14.8 Å². The molecule has 0 spiro atoms. The summed E-state index contributed by atoms with van der Waals surface area (Å²) in [6, 6.07) is 9.62. The zero-order valence-corrected chi connectivity index (χ0v) is 13.7. The highest BCUT2D eigenvalue weighted by Gasteiger charge is 2.18. The van der Waals surface area contributed by atoms with Gasteiger partial charge < -0.3 is 4.57 Å². The van der Waals surface area contributed by atoms with Crippen molar-refractivity contribution in [3.63, 3.8) is 0 Å². The minimum absolute atomic E-state index is 0.111. The Morgan fingerprint density at radius 2 is 2.13 bits per heavy atom. The molecule has 3 rings (SSSR count). The van der Waals surface area contributed by atoms with Gasteiger partial charge >= 0.3 is 0 Å². The Morgan fingerprint density at radius 1 is 1.22 bits per heavy atom. The average Bonchev–Trinajstić information content (AvgIpc) is 2.58. The topological polar surface area (TPSA) is 47.2 Å². The third-order valence-electron chi connectivity index (χ3n) is 4.28. The number of fused-ring (bicyclic) bond motifs is 1. The van der Waals surface area contributed by atoms with Crippen LogP contribution in [-0.2, 0) is 19.4 Å². The summed E-state index contributed by atoms with van der Waals surface area (Å²) >= 11 is 0. The third-order valence-corrected chi connectivity index (χ3v) is 4.28. The molecule has 0 fully saturated rings.